The lowest BCUT2D eigenvalue weighted by molar-refractivity contribution is -0.133. The van der Waals surface area contributed by atoms with E-state index in [1.807, 2.05) is 41.1 Å². The van der Waals surface area contributed by atoms with Crippen LogP contribution in [0.5, 0.6) is 0 Å². The van der Waals surface area contributed by atoms with Crippen molar-refractivity contribution < 1.29 is 9.18 Å². The second-order valence-electron chi connectivity index (χ2n) is 7.50. The van der Waals surface area contributed by atoms with Gasteiger partial charge in [0.05, 0.1) is 21.8 Å². The summed E-state index contributed by atoms with van der Waals surface area (Å²) in [6, 6.07) is 14.7. The average molecular weight is 398 g/mol. The van der Waals surface area contributed by atoms with Crippen molar-refractivity contribution in [3.05, 3.63) is 64.9 Å². The summed E-state index contributed by atoms with van der Waals surface area (Å²) in [6.45, 7) is 2.42. The third-order valence-electron chi connectivity index (χ3n) is 5.18. The van der Waals surface area contributed by atoms with Crippen LogP contribution in [0.25, 0.3) is 10.2 Å². The summed E-state index contributed by atoms with van der Waals surface area (Å²) in [4.78, 5) is 21.5. The zero-order valence-corrected chi connectivity index (χ0v) is 16.8. The summed E-state index contributed by atoms with van der Waals surface area (Å²) in [5.41, 5.74) is 1.92. The van der Waals surface area contributed by atoms with Crippen molar-refractivity contribution in [3.63, 3.8) is 0 Å². The summed E-state index contributed by atoms with van der Waals surface area (Å²) in [5.74, 6) is 0.195. The molecule has 1 fully saturated rings. The summed E-state index contributed by atoms with van der Waals surface area (Å²) >= 11 is 1.74. The number of hydrogen-bond donors (Lipinski definition) is 0. The summed E-state index contributed by atoms with van der Waals surface area (Å²) in [6.07, 6.45) is 2.07. The summed E-state index contributed by atoms with van der Waals surface area (Å²) in [7, 11) is 1.90. The predicted octanol–water partition coefficient (Wildman–Crippen LogP) is 4.27. The van der Waals surface area contributed by atoms with Gasteiger partial charge in [0.2, 0.25) is 5.91 Å². The molecular weight excluding hydrogens is 373 g/mol. The number of rotatable bonds is 5. The molecule has 2 heterocycles. The van der Waals surface area contributed by atoms with Crippen molar-refractivity contribution in [1.82, 2.24) is 14.8 Å². The Bertz CT molecular complexity index is 940. The number of halogens is 1. The minimum atomic E-state index is -0.244. The van der Waals surface area contributed by atoms with Gasteiger partial charge in [0.1, 0.15) is 5.82 Å². The molecule has 0 aliphatic carbocycles. The summed E-state index contributed by atoms with van der Waals surface area (Å²) in [5, 5.41) is 1.13. The highest BCUT2D eigenvalue weighted by Gasteiger charge is 2.27. The van der Waals surface area contributed by atoms with E-state index < -0.39 is 0 Å². The number of amides is 1. The fourth-order valence-electron chi connectivity index (χ4n) is 3.80. The molecule has 1 amide bonds. The molecule has 6 heteroatoms. The first kappa shape index (κ1) is 19.0. The van der Waals surface area contributed by atoms with Crippen LogP contribution in [0.15, 0.2) is 48.5 Å². The first-order valence-corrected chi connectivity index (χ1v) is 10.5. The van der Waals surface area contributed by atoms with E-state index in [4.69, 9.17) is 4.98 Å². The SMILES string of the molecule is CN(CC(=O)N1CCC[C@@H](c2nc3ccccc3s2)C1)Cc1cccc(F)c1. The van der Waals surface area contributed by atoms with Crippen LogP contribution in [0.1, 0.15) is 29.3 Å². The molecule has 2 aromatic carbocycles. The smallest absolute Gasteiger partial charge is 0.236 e. The molecule has 0 bridgehead atoms. The number of nitrogens with zero attached hydrogens (tertiary/aromatic N) is 3. The van der Waals surface area contributed by atoms with Crippen molar-refractivity contribution >= 4 is 27.5 Å². The minimum absolute atomic E-state index is 0.129. The number of carbonyl (C=O) groups is 1. The van der Waals surface area contributed by atoms with Gasteiger partial charge in [-0.1, -0.05) is 24.3 Å². The molecule has 0 unspecified atom stereocenters. The maximum Gasteiger partial charge on any atom is 0.236 e. The van der Waals surface area contributed by atoms with Crippen LogP contribution < -0.4 is 0 Å². The van der Waals surface area contributed by atoms with Gasteiger partial charge in [0.15, 0.2) is 0 Å². The van der Waals surface area contributed by atoms with E-state index in [2.05, 4.69) is 6.07 Å². The average Bonchev–Trinajstić information content (AvgIpc) is 3.12. The van der Waals surface area contributed by atoms with Crippen LogP contribution in [-0.4, -0.2) is 47.4 Å². The number of aromatic nitrogens is 1. The molecular formula is C22H24FN3OS. The lowest BCUT2D eigenvalue weighted by atomic mass is 9.98. The van der Waals surface area contributed by atoms with E-state index in [-0.39, 0.29) is 11.7 Å². The first-order valence-electron chi connectivity index (χ1n) is 9.65. The van der Waals surface area contributed by atoms with Crippen molar-refractivity contribution in [2.24, 2.45) is 0 Å². The van der Waals surface area contributed by atoms with Gasteiger partial charge in [0, 0.05) is 25.6 Å². The quantitative estimate of drug-likeness (QED) is 0.645. The van der Waals surface area contributed by atoms with Crippen molar-refractivity contribution in [2.75, 3.05) is 26.7 Å². The maximum atomic E-state index is 13.4. The Hall–Kier alpha value is -2.31. The topological polar surface area (TPSA) is 36.4 Å². The third kappa shape index (κ3) is 4.39. The van der Waals surface area contributed by atoms with E-state index in [0.717, 1.165) is 42.0 Å². The molecule has 28 heavy (non-hydrogen) atoms. The molecule has 0 radical (unpaired) electrons. The van der Waals surface area contributed by atoms with Crippen molar-refractivity contribution in [3.8, 4) is 0 Å². The van der Waals surface area contributed by atoms with Gasteiger partial charge in [-0.05, 0) is 49.7 Å². The van der Waals surface area contributed by atoms with E-state index in [0.29, 0.717) is 19.0 Å². The zero-order valence-electron chi connectivity index (χ0n) is 16.0. The number of fused-ring (bicyclic) bond motifs is 1. The van der Waals surface area contributed by atoms with Crippen LogP contribution in [0, 0.1) is 5.82 Å². The molecule has 1 aliphatic heterocycles. The Morgan fingerprint density at radius 1 is 1.29 bits per heavy atom. The molecule has 1 aromatic heterocycles. The van der Waals surface area contributed by atoms with E-state index in [1.165, 1.54) is 16.8 Å². The molecule has 0 saturated carbocycles. The molecule has 146 valence electrons. The number of para-hydroxylation sites is 1. The predicted molar refractivity (Wildman–Crippen MR) is 111 cm³/mol. The lowest BCUT2D eigenvalue weighted by Gasteiger charge is -2.33. The van der Waals surface area contributed by atoms with Crippen molar-refractivity contribution in [2.45, 2.75) is 25.3 Å². The molecule has 1 aliphatic rings. The standard InChI is InChI=1S/C22H24FN3OS/c1-25(13-16-6-4-8-18(23)12-16)15-21(27)26-11-5-7-17(14-26)22-24-19-9-2-3-10-20(19)28-22/h2-4,6,8-10,12,17H,5,7,11,13-15H2,1H3/t17-/m1/s1. The van der Waals surface area contributed by atoms with Crippen LogP contribution in [-0.2, 0) is 11.3 Å². The van der Waals surface area contributed by atoms with Crippen LogP contribution in [0.2, 0.25) is 0 Å². The number of piperidine rings is 1. The van der Waals surface area contributed by atoms with E-state index >= 15 is 0 Å². The van der Waals surface area contributed by atoms with Gasteiger partial charge >= 0.3 is 0 Å². The Kier molecular flexibility index (Phi) is 5.69. The van der Waals surface area contributed by atoms with Gasteiger partial charge in [-0.25, -0.2) is 9.37 Å². The van der Waals surface area contributed by atoms with Crippen molar-refractivity contribution in [1.29, 1.82) is 0 Å². The van der Waals surface area contributed by atoms with Gasteiger partial charge in [0.25, 0.3) is 0 Å². The second kappa shape index (κ2) is 8.37. The molecule has 1 atom stereocenters. The molecule has 4 nitrogen and oxygen atoms in total. The number of likely N-dealkylation sites (N-methyl/N-ethyl adjacent to an activating group) is 1. The highest BCUT2D eigenvalue weighted by Crippen LogP contribution is 2.33. The number of carbonyl (C=O) groups excluding carboxylic acids is 1. The lowest BCUT2D eigenvalue weighted by Crippen LogP contribution is -2.43. The first-order chi connectivity index (χ1) is 13.6. The Balaban J connectivity index is 1.37. The Labute approximate surface area is 168 Å². The number of thiazole rings is 1. The molecule has 4 rings (SSSR count). The van der Waals surface area contributed by atoms with Gasteiger partial charge < -0.3 is 4.90 Å². The van der Waals surface area contributed by atoms with Crippen LogP contribution >= 0.6 is 11.3 Å². The molecule has 0 N–H and O–H groups in total. The Morgan fingerprint density at radius 2 is 2.14 bits per heavy atom. The third-order valence-corrected chi connectivity index (χ3v) is 6.38. The van der Waals surface area contributed by atoms with Gasteiger partial charge in [-0.15, -0.1) is 11.3 Å². The monoisotopic (exact) mass is 397 g/mol. The fraction of sp³-hybridized carbons (Fsp3) is 0.364. The van der Waals surface area contributed by atoms with Crippen LogP contribution in [0.4, 0.5) is 4.39 Å². The molecule has 1 saturated heterocycles. The van der Waals surface area contributed by atoms with Gasteiger partial charge in [-0.2, -0.15) is 0 Å². The molecule has 3 aromatic rings. The zero-order chi connectivity index (χ0) is 19.5. The van der Waals surface area contributed by atoms with E-state index in [9.17, 15) is 9.18 Å². The second-order valence-corrected chi connectivity index (χ2v) is 8.56. The normalized spacial score (nSPS) is 17.4. The number of benzene rings is 2. The fourth-order valence-corrected chi connectivity index (χ4v) is 4.90. The maximum absolute atomic E-state index is 13.4. The number of hydrogen-bond acceptors (Lipinski definition) is 4. The highest BCUT2D eigenvalue weighted by molar-refractivity contribution is 7.18. The largest absolute Gasteiger partial charge is 0.341 e. The van der Waals surface area contributed by atoms with Gasteiger partial charge in [-0.3, -0.25) is 9.69 Å². The van der Waals surface area contributed by atoms with E-state index in [1.54, 1.807) is 17.4 Å². The number of likely N-dealkylation sites (tertiary alicyclic amines) is 1. The summed E-state index contributed by atoms with van der Waals surface area (Å²) < 4.78 is 14.6. The minimum Gasteiger partial charge on any atom is -0.341 e. The van der Waals surface area contributed by atoms with Crippen LogP contribution in [0.3, 0.4) is 0 Å². The molecule has 0 spiro atoms. The Morgan fingerprint density at radius 3 is 2.96 bits per heavy atom. The highest BCUT2D eigenvalue weighted by atomic mass is 32.1.